The van der Waals surface area contributed by atoms with E-state index in [-0.39, 0.29) is 0 Å². The SMILES string of the molecule is CCCCC(CC)(CN)Cc1ccsc1. The van der Waals surface area contributed by atoms with Crippen LogP contribution >= 0.6 is 11.3 Å². The number of hydrogen-bond acceptors (Lipinski definition) is 2. The minimum atomic E-state index is 0.344. The molecule has 1 aromatic heterocycles. The maximum atomic E-state index is 5.98. The summed E-state index contributed by atoms with van der Waals surface area (Å²) in [5.41, 5.74) is 7.78. The summed E-state index contributed by atoms with van der Waals surface area (Å²) in [6, 6.07) is 2.23. The van der Waals surface area contributed by atoms with E-state index in [9.17, 15) is 0 Å². The molecular formula is C13H23NS. The first-order valence-electron chi connectivity index (χ1n) is 5.97. The molecule has 1 heterocycles. The number of thiophene rings is 1. The second kappa shape index (κ2) is 6.29. The molecule has 0 aliphatic heterocycles. The van der Waals surface area contributed by atoms with Crippen molar-refractivity contribution in [2.75, 3.05) is 6.54 Å². The van der Waals surface area contributed by atoms with Crippen LogP contribution in [0.3, 0.4) is 0 Å². The summed E-state index contributed by atoms with van der Waals surface area (Å²) in [7, 11) is 0. The molecule has 1 aromatic rings. The molecule has 2 heteroatoms. The maximum absolute atomic E-state index is 5.98. The molecule has 0 aliphatic rings. The fourth-order valence-electron chi connectivity index (χ4n) is 2.09. The molecule has 15 heavy (non-hydrogen) atoms. The average molecular weight is 225 g/mol. The van der Waals surface area contributed by atoms with Crippen molar-refractivity contribution in [1.82, 2.24) is 0 Å². The quantitative estimate of drug-likeness (QED) is 0.749. The fraction of sp³-hybridized carbons (Fsp3) is 0.692. The molecule has 0 saturated heterocycles. The van der Waals surface area contributed by atoms with Crippen molar-refractivity contribution in [2.45, 2.75) is 46.0 Å². The molecule has 1 nitrogen and oxygen atoms in total. The van der Waals surface area contributed by atoms with E-state index >= 15 is 0 Å². The minimum absolute atomic E-state index is 0.344. The number of hydrogen-bond donors (Lipinski definition) is 1. The Hall–Kier alpha value is -0.340. The van der Waals surface area contributed by atoms with Gasteiger partial charge in [0.2, 0.25) is 0 Å². The first-order chi connectivity index (χ1) is 7.26. The van der Waals surface area contributed by atoms with Crippen molar-refractivity contribution < 1.29 is 0 Å². The summed E-state index contributed by atoms with van der Waals surface area (Å²) < 4.78 is 0. The van der Waals surface area contributed by atoms with E-state index in [0.29, 0.717) is 5.41 Å². The molecule has 86 valence electrons. The van der Waals surface area contributed by atoms with Gasteiger partial charge in [-0.1, -0.05) is 26.7 Å². The van der Waals surface area contributed by atoms with Gasteiger partial charge in [-0.2, -0.15) is 11.3 Å². The van der Waals surface area contributed by atoms with Gasteiger partial charge in [0.15, 0.2) is 0 Å². The Morgan fingerprint density at radius 2 is 2.20 bits per heavy atom. The van der Waals surface area contributed by atoms with Crippen LogP contribution in [0, 0.1) is 5.41 Å². The van der Waals surface area contributed by atoms with Gasteiger partial charge in [-0.3, -0.25) is 0 Å². The summed E-state index contributed by atoms with van der Waals surface area (Å²) in [4.78, 5) is 0. The lowest BCUT2D eigenvalue weighted by Crippen LogP contribution is -2.32. The molecule has 1 atom stereocenters. The summed E-state index contributed by atoms with van der Waals surface area (Å²) >= 11 is 1.78. The Bertz CT molecular complexity index is 250. The third kappa shape index (κ3) is 3.62. The average Bonchev–Trinajstić information content (AvgIpc) is 2.77. The Labute approximate surface area is 97.7 Å². The van der Waals surface area contributed by atoms with Crippen molar-refractivity contribution in [1.29, 1.82) is 0 Å². The second-order valence-electron chi connectivity index (χ2n) is 4.47. The first-order valence-corrected chi connectivity index (χ1v) is 6.92. The van der Waals surface area contributed by atoms with Crippen LogP contribution in [0.1, 0.15) is 45.1 Å². The Balaban J connectivity index is 2.63. The first kappa shape index (κ1) is 12.7. The van der Waals surface area contributed by atoms with Crippen molar-refractivity contribution in [3.63, 3.8) is 0 Å². The van der Waals surface area contributed by atoms with Gasteiger partial charge in [0, 0.05) is 0 Å². The smallest absolute Gasteiger partial charge is 0.00174 e. The van der Waals surface area contributed by atoms with Gasteiger partial charge in [0.1, 0.15) is 0 Å². The summed E-state index contributed by atoms with van der Waals surface area (Å²) in [6.45, 7) is 5.34. The van der Waals surface area contributed by atoms with E-state index in [1.165, 1.54) is 31.2 Å². The molecule has 0 aliphatic carbocycles. The summed E-state index contributed by atoms with van der Waals surface area (Å²) in [6.07, 6.45) is 6.19. The van der Waals surface area contributed by atoms with E-state index in [0.717, 1.165) is 13.0 Å². The van der Waals surface area contributed by atoms with E-state index in [4.69, 9.17) is 5.73 Å². The predicted octanol–water partition coefficient (Wildman–Crippen LogP) is 3.84. The van der Waals surface area contributed by atoms with Gasteiger partial charge in [-0.15, -0.1) is 0 Å². The van der Waals surface area contributed by atoms with Gasteiger partial charge in [0.25, 0.3) is 0 Å². The van der Waals surface area contributed by atoms with Gasteiger partial charge in [-0.05, 0) is 53.6 Å². The van der Waals surface area contributed by atoms with Crippen LogP contribution in [0.5, 0.6) is 0 Å². The van der Waals surface area contributed by atoms with Crippen molar-refractivity contribution >= 4 is 11.3 Å². The predicted molar refractivity (Wildman–Crippen MR) is 69.3 cm³/mol. The molecule has 0 spiro atoms. The summed E-state index contributed by atoms with van der Waals surface area (Å²) in [5, 5.41) is 4.41. The monoisotopic (exact) mass is 225 g/mol. The molecule has 1 rings (SSSR count). The minimum Gasteiger partial charge on any atom is -0.330 e. The van der Waals surface area contributed by atoms with Gasteiger partial charge in [-0.25, -0.2) is 0 Å². The lowest BCUT2D eigenvalue weighted by atomic mass is 9.76. The standard InChI is InChI=1S/C13H23NS/c1-3-5-7-13(4-2,11-14)9-12-6-8-15-10-12/h6,8,10H,3-5,7,9,11,14H2,1-2H3. The summed E-state index contributed by atoms with van der Waals surface area (Å²) in [5.74, 6) is 0. The van der Waals surface area contributed by atoms with Gasteiger partial charge < -0.3 is 5.73 Å². The molecule has 0 bridgehead atoms. The van der Waals surface area contributed by atoms with Crippen LogP contribution in [0.15, 0.2) is 16.8 Å². The second-order valence-corrected chi connectivity index (χ2v) is 5.25. The Morgan fingerprint density at radius 3 is 2.67 bits per heavy atom. The van der Waals surface area contributed by atoms with Crippen LogP contribution in [0.4, 0.5) is 0 Å². The van der Waals surface area contributed by atoms with Crippen LogP contribution in [-0.4, -0.2) is 6.54 Å². The number of nitrogens with two attached hydrogens (primary N) is 1. The van der Waals surface area contributed by atoms with E-state index in [1.54, 1.807) is 11.3 Å². The molecule has 0 radical (unpaired) electrons. The molecular weight excluding hydrogens is 202 g/mol. The van der Waals surface area contributed by atoms with Gasteiger partial charge >= 0.3 is 0 Å². The molecule has 0 amide bonds. The van der Waals surface area contributed by atoms with E-state index in [2.05, 4.69) is 30.7 Å². The molecule has 2 N–H and O–H groups in total. The number of rotatable bonds is 7. The van der Waals surface area contributed by atoms with Crippen LogP contribution in [0.2, 0.25) is 0 Å². The fourth-order valence-corrected chi connectivity index (χ4v) is 2.76. The van der Waals surface area contributed by atoms with Crippen LogP contribution in [0.25, 0.3) is 0 Å². The van der Waals surface area contributed by atoms with E-state index < -0.39 is 0 Å². The zero-order valence-electron chi connectivity index (χ0n) is 9.96. The third-order valence-electron chi connectivity index (χ3n) is 3.40. The Morgan fingerprint density at radius 1 is 1.40 bits per heavy atom. The lowest BCUT2D eigenvalue weighted by molar-refractivity contribution is 0.251. The largest absolute Gasteiger partial charge is 0.330 e. The lowest BCUT2D eigenvalue weighted by Gasteiger charge is -2.31. The van der Waals surface area contributed by atoms with Crippen molar-refractivity contribution in [2.24, 2.45) is 11.1 Å². The zero-order valence-corrected chi connectivity index (χ0v) is 10.8. The van der Waals surface area contributed by atoms with Crippen LogP contribution in [-0.2, 0) is 6.42 Å². The Kier molecular flexibility index (Phi) is 5.34. The van der Waals surface area contributed by atoms with E-state index in [1.807, 2.05) is 0 Å². The highest BCUT2D eigenvalue weighted by atomic mass is 32.1. The topological polar surface area (TPSA) is 26.0 Å². The van der Waals surface area contributed by atoms with Crippen molar-refractivity contribution in [3.05, 3.63) is 22.4 Å². The van der Waals surface area contributed by atoms with Crippen molar-refractivity contribution in [3.8, 4) is 0 Å². The van der Waals surface area contributed by atoms with Gasteiger partial charge in [0.05, 0.1) is 0 Å². The highest BCUT2D eigenvalue weighted by Crippen LogP contribution is 2.32. The number of unbranched alkanes of at least 4 members (excludes halogenated alkanes) is 1. The third-order valence-corrected chi connectivity index (χ3v) is 4.13. The zero-order chi connectivity index (χ0) is 11.1. The molecule has 0 saturated carbocycles. The normalized spacial score (nSPS) is 15.1. The maximum Gasteiger partial charge on any atom is -0.00174 e. The van der Waals surface area contributed by atoms with Crippen LogP contribution < -0.4 is 5.73 Å². The molecule has 0 aromatic carbocycles. The molecule has 0 fully saturated rings. The molecule has 1 unspecified atom stereocenters. The highest BCUT2D eigenvalue weighted by Gasteiger charge is 2.26. The highest BCUT2D eigenvalue weighted by molar-refractivity contribution is 7.07.